The van der Waals surface area contributed by atoms with Crippen molar-refractivity contribution in [1.29, 1.82) is 5.26 Å². The molecule has 0 aliphatic carbocycles. The molecule has 1 aromatic heterocycles. The van der Waals surface area contributed by atoms with Gasteiger partial charge in [0.05, 0.1) is 29.5 Å². The number of aliphatic hydroxyl groups excluding tert-OH is 1. The minimum absolute atomic E-state index is 0.0436. The van der Waals surface area contributed by atoms with Crippen molar-refractivity contribution < 1.29 is 9.90 Å². The summed E-state index contributed by atoms with van der Waals surface area (Å²) < 4.78 is 0. The molecule has 0 radical (unpaired) electrons. The van der Waals surface area contributed by atoms with Crippen molar-refractivity contribution in [1.82, 2.24) is 4.90 Å². The second kappa shape index (κ2) is 8.31. The van der Waals surface area contributed by atoms with Gasteiger partial charge in [-0.3, -0.25) is 4.79 Å². The maximum absolute atomic E-state index is 12.2. The van der Waals surface area contributed by atoms with E-state index in [0.717, 1.165) is 4.88 Å². The number of hydrogen-bond acceptors (Lipinski definition) is 4. The Morgan fingerprint density at radius 3 is 2.95 bits per heavy atom. The highest BCUT2D eigenvalue weighted by molar-refractivity contribution is 7.10. The summed E-state index contributed by atoms with van der Waals surface area (Å²) in [7, 11) is 0. The fourth-order valence-electron chi connectivity index (χ4n) is 1.49. The second-order valence-electron chi connectivity index (χ2n) is 3.77. The van der Waals surface area contributed by atoms with Crippen LogP contribution in [0.4, 0.5) is 0 Å². The molecule has 0 unspecified atom stereocenters. The Balaban J connectivity index is 2.72. The number of thiophene rings is 1. The molecule has 1 N–H and O–H groups in total. The van der Waals surface area contributed by atoms with E-state index in [9.17, 15) is 4.79 Å². The van der Waals surface area contributed by atoms with Crippen molar-refractivity contribution >= 4 is 17.2 Å². The van der Waals surface area contributed by atoms with E-state index in [4.69, 9.17) is 10.4 Å². The number of nitrogens with zero attached hydrogens (tertiary/aromatic N) is 2. The van der Waals surface area contributed by atoms with Crippen LogP contribution in [0, 0.1) is 23.2 Å². The lowest BCUT2D eigenvalue weighted by Crippen LogP contribution is -2.31. The zero-order valence-electron chi connectivity index (χ0n) is 10.8. The SMILES string of the molecule is CCN(CCC#N)C(=O)c1csc(C#CCCO)c1. The van der Waals surface area contributed by atoms with Gasteiger partial charge in [0.25, 0.3) is 5.91 Å². The molecular weight excluding hydrogens is 260 g/mol. The molecule has 0 aliphatic heterocycles. The van der Waals surface area contributed by atoms with E-state index < -0.39 is 0 Å². The first kappa shape index (κ1) is 15.2. The molecular formula is C14H16N2O2S. The van der Waals surface area contributed by atoms with Gasteiger partial charge in [-0.05, 0) is 13.0 Å². The average Bonchev–Trinajstić information content (AvgIpc) is 2.88. The number of nitriles is 1. The minimum Gasteiger partial charge on any atom is -0.395 e. The Morgan fingerprint density at radius 2 is 2.32 bits per heavy atom. The van der Waals surface area contributed by atoms with Gasteiger partial charge in [-0.1, -0.05) is 11.8 Å². The van der Waals surface area contributed by atoms with E-state index in [1.54, 1.807) is 16.3 Å². The number of carbonyl (C=O) groups excluding carboxylic acids is 1. The number of carbonyl (C=O) groups is 1. The van der Waals surface area contributed by atoms with E-state index in [2.05, 4.69) is 11.8 Å². The number of rotatable bonds is 5. The molecule has 0 spiro atoms. The lowest BCUT2D eigenvalue weighted by molar-refractivity contribution is 0.0768. The Bertz CT molecular complexity index is 520. The van der Waals surface area contributed by atoms with E-state index in [-0.39, 0.29) is 12.5 Å². The summed E-state index contributed by atoms with van der Waals surface area (Å²) in [5.41, 5.74) is 0.609. The first-order valence-electron chi connectivity index (χ1n) is 6.07. The average molecular weight is 276 g/mol. The lowest BCUT2D eigenvalue weighted by Gasteiger charge is -2.18. The van der Waals surface area contributed by atoms with Gasteiger partial charge in [0, 0.05) is 24.9 Å². The highest BCUT2D eigenvalue weighted by Crippen LogP contribution is 2.15. The minimum atomic E-state index is -0.0655. The molecule has 19 heavy (non-hydrogen) atoms. The van der Waals surface area contributed by atoms with Crippen LogP contribution < -0.4 is 0 Å². The first-order valence-corrected chi connectivity index (χ1v) is 6.95. The summed E-state index contributed by atoms with van der Waals surface area (Å²) >= 11 is 1.41. The molecule has 1 heterocycles. The van der Waals surface area contributed by atoms with Crippen molar-refractivity contribution in [2.24, 2.45) is 0 Å². The summed E-state index contributed by atoms with van der Waals surface area (Å²) in [6, 6.07) is 3.80. The summed E-state index contributed by atoms with van der Waals surface area (Å²) in [6.45, 7) is 2.97. The van der Waals surface area contributed by atoms with Gasteiger partial charge in [-0.15, -0.1) is 11.3 Å². The molecule has 0 fully saturated rings. The van der Waals surface area contributed by atoms with Crippen LogP contribution in [0.25, 0.3) is 0 Å². The molecule has 0 aromatic carbocycles. The van der Waals surface area contributed by atoms with Crippen LogP contribution in [0.5, 0.6) is 0 Å². The zero-order chi connectivity index (χ0) is 14.1. The third-order valence-corrected chi connectivity index (χ3v) is 3.30. The zero-order valence-corrected chi connectivity index (χ0v) is 11.7. The molecule has 0 bridgehead atoms. The molecule has 1 aromatic rings. The van der Waals surface area contributed by atoms with Crippen LogP contribution in [-0.2, 0) is 0 Å². The van der Waals surface area contributed by atoms with Crippen LogP contribution in [-0.4, -0.2) is 35.6 Å². The predicted octanol–water partition coefficient (Wildman–Crippen LogP) is 1.86. The van der Waals surface area contributed by atoms with Gasteiger partial charge >= 0.3 is 0 Å². The van der Waals surface area contributed by atoms with Crippen molar-refractivity contribution in [3.05, 3.63) is 21.9 Å². The molecule has 100 valence electrons. The van der Waals surface area contributed by atoms with E-state index >= 15 is 0 Å². The maximum Gasteiger partial charge on any atom is 0.254 e. The lowest BCUT2D eigenvalue weighted by atomic mass is 10.2. The molecule has 1 amide bonds. The van der Waals surface area contributed by atoms with Crippen LogP contribution in [0.1, 0.15) is 35.0 Å². The van der Waals surface area contributed by atoms with Crippen molar-refractivity contribution in [2.75, 3.05) is 19.7 Å². The first-order chi connectivity index (χ1) is 9.22. The summed E-state index contributed by atoms with van der Waals surface area (Å²) in [5.74, 6) is 5.66. The second-order valence-corrected chi connectivity index (χ2v) is 4.68. The number of hydrogen-bond donors (Lipinski definition) is 1. The van der Waals surface area contributed by atoms with E-state index in [0.29, 0.717) is 31.5 Å². The molecule has 5 heteroatoms. The Kier molecular flexibility index (Phi) is 6.67. The summed E-state index contributed by atoms with van der Waals surface area (Å²) in [4.78, 5) is 14.6. The highest BCUT2D eigenvalue weighted by atomic mass is 32.1. The largest absolute Gasteiger partial charge is 0.395 e. The molecule has 0 saturated heterocycles. The Morgan fingerprint density at radius 1 is 1.53 bits per heavy atom. The van der Waals surface area contributed by atoms with Gasteiger partial charge in [-0.25, -0.2) is 0 Å². The number of amides is 1. The van der Waals surface area contributed by atoms with Crippen LogP contribution in [0.3, 0.4) is 0 Å². The third-order valence-electron chi connectivity index (χ3n) is 2.46. The van der Waals surface area contributed by atoms with Crippen molar-refractivity contribution in [2.45, 2.75) is 19.8 Å². The molecule has 0 saturated carbocycles. The van der Waals surface area contributed by atoms with Crippen molar-refractivity contribution in [3.8, 4) is 17.9 Å². The van der Waals surface area contributed by atoms with Crippen LogP contribution >= 0.6 is 11.3 Å². The van der Waals surface area contributed by atoms with Gasteiger partial charge < -0.3 is 10.0 Å². The molecule has 1 rings (SSSR count). The van der Waals surface area contributed by atoms with Crippen LogP contribution in [0.15, 0.2) is 11.4 Å². The third kappa shape index (κ3) is 4.75. The Hall–Kier alpha value is -1.82. The normalized spacial score (nSPS) is 9.32. The van der Waals surface area contributed by atoms with Gasteiger partial charge in [-0.2, -0.15) is 5.26 Å². The number of aliphatic hydroxyl groups is 1. The van der Waals surface area contributed by atoms with E-state index in [1.165, 1.54) is 11.3 Å². The fraction of sp³-hybridized carbons (Fsp3) is 0.429. The van der Waals surface area contributed by atoms with Gasteiger partial charge in [0.15, 0.2) is 0 Å². The molecule has 0 atom stereocenters. The van der Waals surface area contributed by atoms with Gasteiger partial charge in [0.1, 0.15) is 0 Å². The van der Waals surface area contributed by atoms with Gasteiger partial charge in [0.2, 0.25) is 0 Å². The van der Waals surface area contributed by atoms with E-state index in [1.807, 2.05) is 13.0 Å². The van der Waals surface area contributed by atoms with Crippen molar-refractivity contribution in [3.63, 3.8) is 0 Å². The highest BCUT2D eigenvalue weighted by Gasteiger charge is 2.14. The summed E-state index contributed by atoms with van der Waals surface area (Å²) in [6.07, 6.45) is 0.775. The molecule has 0 aliphatic rings. The monoisotopic (exact) mass is 276 g/mol. The van der Waals surface area contributed by atoms with Crippen LogP contribution in [0.2, 0.25) is 0 Å². The molecule has 4 nitrogen and oxygen atoms in total. The smallest absolute Gasteiger partial charge is 0.254 e. The Labute approximate surface area is 117 Å². The fourth-order valence-corrected chi connectivity index (χ4v) is 2.24. The summed E-state index contributed by atoms with van der Waals surface area (Å²) in [5, 5.41) is 19.0. The topological polar surface area (TPSA) is 64.3 Å². The quantitative estimate of drug-likeness (QED) is 0.835. The standard InChI is InChI=1S/C14H16N2O2S/c1-2-16(8-5-7-15)14(18)12-10-13(19-11-12)6-3-4-9-17/h10-11,17H,2,4-5,8-9H2,1H3. The predicted molar refractivity (Wildman–Crippen MR) is 74.7 cm³/mol. The maximum atomic E-state index is 12.2.